The quantitative estimate of drug-likeness (QED) is 0.750. The van der Waals surface area contributed by atoms with E-state index in [0.29, 0.717) is 16.4 Å². The summed E-state index contributed by atoms with van der Waals surface area (Å²) in [6.45, 7) is 1.82. The minimum atomic E-state index is 0.598. The van der Waals surface area contributed by atoms with Gasteiger partial charge in [-0.25, -0.2) is 4.98 Å². The number of fused-ring (bicyclic) bond motifs is 1. The molecule has 2 heterocycles. The van der Waals surface area contributed by atoms with Gasteiger partial charge in [-0.3, -0.25) is 9.48 Å². The van der Waals surface area contributed by atoms with Crippen molar-refractivity contribution < 1.29 is 9.53 Å². The van der Waals surface area contributed by atoms with Gasteiger partial charge < -0.3 is 9.72 Å². The van der Waals surface area contributed by atoms with Gasteiger partial charge in [0.05, 0.1) is 29.4 Å². The third kappa shape index (κ3) is 2.40. The van der Waals surface area contributed by atoms with Crippen molar-refractivity contribution in [2.45, 2.75) is 17.1 Å². The lowest BCUT2D eigenvalue weighted by atomic mass is 10.3. The normalized spacial score (nSPS) is 11.0. The molecule has 0 bridgehead atoms. The van der Waals surface area contributed by atoms with Crippen LogP contribution in [0, 0.1) is 6.92 Å². The van der Waals surface area contributed by atoms with Gasteiger partial charge in [-0.2, -0.15) is 5.10 Å². The first-order valence-corrected chi connectivity index (χ1v) is 7.14. The summed E-state index contributed by atoms with van der Waals surface area (Å²) in [5.74, 6) is 0.771. The number of imidazole rings is 1. The number of aromatic amines is 1. The fraction of sp³-hybridized carbons (Fsp3) is 0.214. The number of H-pyrrole nitrogens is 1. The van der Waals surface area contributed by atoms with E-state index < -0.39 is 0 Å². The average Bonchev–Trinajstić information content (AvgIpc) is 2.99. The van der Waals surface area contributed by atoms with Crippen LogP contribution in [0.3, 0.4) is 0 Å². The largest absolute Gasteiger partial charge is 0.497 e. The van der Waals surface area contributed by atoms with Gasteiger partial charge in [0.25, 0.3) is 0 Å². The predicted molar refractivity (Wildman–Crippen MR) is 80.1 cm³/mol. The van der Waals surface area contributed by atoms with Crippen LogP contribution in [-0.2, 0) is 7.05 Å². The lowest BCUT2D eigenvalue weighted by Gasteiger charge is -1.99. The minimum absolute atomic E-state index is 0.598. The van der Waals surface area contributed by atoms with Crippen molar-refractivity contribution in [1.82, 2.24) is 19.7 Å². The fourth-order valence-corrected chi connectivity index (χ4v) is 3.11. The summed E-state index contributed by atoms with van der Waals surface area (Å²) in [6, 6.07) is 5.65. The van der Waals surface area contributed by atoms with Crippen LogP contribution >= 0.6 is 11.8 Å². The Morgan fingerprint density at radius 3 is 2.95 bits per heavy atom. The van der Waals surface area contributed by atoms with Crippen LogP contribution in [0.5, 0.6) is 5.75 Å². The molecule has 21 heavy (non-hydrogen) atoms. The summed E-state index contributed by atoms with van der Waals surface area (Å²) in [4.78, 5) is 18.9. The Balaban J connectivity index is 2.00. The zero-order valence-electron chi connectivity index (χ0n) is 11.9. The number of nitrogens with zero attached hydrogens (tertiary/aromatic N) is 3. The molecule has 0 aliphatic carbocycles. The summed E-state index contributed by atoms with van der Waals surface area (Å²) in [7, 11) is 3.44. The second-order valence-electron chi connectivity index (χ2n) is 4.57. The van der Waals surface area contributed by atoms with Crippen molar-refractivity contribution in [3.8, 4) is 5.75 Å². The SMILES string of the molecule is COc1ccc2nc(Sc3c(C=O)c(C)nn3C)[nH]c2c1. The zero-order valence-corrected chi connectivity index (χ0v) is 12.7. The Hall–Kier alpha value is -2.28. The Bertz CT molecular complexity index is 822. The molecular weight excluding hydrogens is 288 g/mol. The van der Waals surface area contributed by atoms with E-state index in [1.165, 1.54) is 11.8 Å². The first-order chi connectivity index (χ1) is 10.1. The second kappa shape index (κ2) is 5.25. The molecule has 6 nitrogen and oxygen atoms in total. The van der Waals surface area contributed by atoms with Crippen molar-refractivity contribution >= 4 is 29.1 Å². The first-order valence-electron chi connectivity index (χ1n) is 6.32. The Kier molecular flexibility index (Phi) is 3.42. The molecule has 0 saturated carbocycles. The van der Waals surface area contributed by atoms with E-state index in [4.69, 9.17) is 4.74 Å². The van der Waals surface area contributed by atoms with Gasteiger partial charge in [0.2, 0.25) is 0 Å². The van der Waals surface area contributed by atoms with Crippen molar-refractivity contribution in [2.75, 3.05) is 7.11 Å². The molecule has 0 radical (unpaired) electrons. The van der Waals surface area contributed by atoms with E-state index >= 15 is 0 Å². The van der Waals surface area contributed by atoms with Crippen LogP contribution in [0.15, 0.2) is 28.4 Å². The van der Waals surface area contributed by atoms with E-state index in [2.05, 4.69) is 15.1 Å². The molecule has 0 aliphatic heterocycles. The fourth-order valence-electron chi connectivity index (χ4n) is 2.14. The molecule has 3 rings (SSSR count). The summed E-state index contributed by atoms with van der Waals surface area (Å²) in [5, 5.41) is 5.75. The van der Waals surface area contributed by atoms with Crippen molar-refractivity contribution in [3.63, 3.8) is 0 Å². The van der Waals surface area contributed by atoms with Crippen LogP contribution in [0.4, 0.5) is 0 Å². The van der Waals surface area contributed by atoms with Crippen LogP contribution in [0.25, 0.3) is 11.0 Å². The van der Waals surface area contributed by atoms with Crippen molar-refractivity contribution in [2.24, 2.45) is 7.05 Å². The number of carbonyl (C=O) groups excluding carboxylic acids is 1. The van der Waals surface area contributed by atoms with E-state index in [0.717, 1.165) is 28.1 Å². The third-order valence-electron chi connectivity index (χ3n) is 3.19. The highest BCUT2D eigenvalue weighted by Crippen LogP contribution is 2.31. The first kappa shape index (κ1) is 13.7. The third-order valence-corrected chi connectivity index (χ3v) is 4.26. The van der Waals surface area contributed by atoms with Gasteiger partial charge in [0.15, 0.2) is 11.4 Å². The van der Waals surface area contributed by atoms with Gasteiger partial charge in [-0.15, -0.1) is 0 Å². The number of rotatable bonds is 4. The number of benzene rings is 1. The summed E-state index contributed by atoms with van der Waals surface area (Å²) < 4.78 is 6.89. The summed E-state index contributed by atoms with van der Waals surface area (Å²) in [6.07, 6.45) is 0.830. The summed E-state index contributed by atoms with van der Waals surface area (Å²) >= 11 is 1.39. The molecule has 0 spiro atoms. The smallest absolute Gasteiger partial charge is 0.172 e. The highest BCUT2D eigenvalue weighted by atomic mass is 32.2. The standard InChI is InChI=1S/C14H14N4O2S/c1-8-10(7-19)13(18(2)17-8)21-14-15-11-5-4-9(20-3)6-12(11)16-14/h4-7H,1-3H3,(H,15,16). The van der Waals surface area contributed by atoms with Crippen LogP contribution in [0.2, 0.25) is 0 Å². The number of aromatic nitrogens is 4. The average molecular weight is 302 g/mol. The Labute approximate surface area is 125 Å². The molecule has 2 aromatic heterocycles. The van der Waals surface area contributed by atoms with Crippen LogP contribution < -0.4 is 4.74 Å². The number of aryl methyl sites for hydroxylation is 2. The molecule has 1 N–H and O–H groups in total. The van der Waals surface area contributed by atoms with E-state index in [1.54, 1.807) is 11.8 Å². The number of methoxy groups -OCH3 is 1. The Morgan fingerprint density at radius 2 is 2.24 bits per heavy atom. The highest BCUT2D eigenvalue weighted by molar-refractivity contribution is 7.99. The molecule has 0 saturated heterocycles. The monoisotopic (exact) mass is 302 g/mol. The van der Waals surface area contributed by atoms with E-state index in [-0.39, 0.29) is 0 Å². The van der Waals surface area contributed by atoms with Crippen LogP contribution in [-0.4, -0.2) is 33.1 Å². The van der Waals surface area contributed by atoms with Gasteiger partial charge >= 0.3 is 0 Å². The maximum Gasteiger partial charge on any atom is 0.172 e. The zero-order chi connectivity index (χ0) is 15.0. The molecule has 0 unspecified atom stereocenters. The maximum absolute atomic E-state index is 11.2. The molecule has 3 aromatic rings. The molecule has 1 aromatic carbocycles. The number of hydrogen-bond donors (Lipinski definition) is 1. The van der Waals surface area contributed by atoms with Crippen LogP contribution in [0.1, 0.15) is 16.1 Å². The number of ether oxygens (including phenoxy) is 1. The summed E-state index contributed by atoms with van der Waals surface area (Å²) in [5.41, 5.74) is 3.06. The lowest BCUT2D eigenvalue weighted by Crippen LogP contribution is -1.93. The number of nitrogens with one attached hydrogen (secondary N) is 1. The van der Waals surface area contributed by atoms with E-state index in [9.17, 15) is 4.79 Å². The highest BCUT2D eigenvalue weighted by Gasteiger charge is 2.15. The van der Waals surface area contributed by atoms with Gasteiger partial charge in [-0.1, -0.05) is 0 Å². The number of carbonyl (C=O) groups is 1. The number of aldehydes is 1. The van der Waals surface area contributed by atoms with Gasteiger partial charge in [0.1, 0.15) is 10.8 Å². The predicted octanol–water partition coefficient (Wildman–Crippen LogP) is 2.58. The van der Waals surface area contributed by atoms with Crippen molar-refractivity contribution in [3.05, 3.63) is 29.5 Å². The molecule has 7 heteroatoms. The molecule has 0 atom stereocenters. The molecule has 0 aliphatic rings. The molecule has 0 fully saturated rings. The van der Waals surface area contributed by atoms with Gasteiger partial charge in [-0.05, 0) is 30.8 Å². The van der Waals surface area contributed by atoms with Gasteiger partial charge in [0, 0.05) is 13.1 Å². The molecule has 108 valence electrons. The molecule has 0 amide bonds. The topological polar surface area (TPSA) is 72.8 Å². The maximum atomic E-state index is 11.2. The lowest BCUT2D eigenvalue weighted by molar-refractivity contribution is 0.112. The van der Waals surface area contributed by atoms with Crippen molar-refractivity contribution in [1.29, 1.82) is 0 Å². The minimum Gasteiger partial charge on any atom is -0.497 e. The second-order valence-corrected chi connectivity index (χ2v) is 5.55. The molecular formula is C14H14N4O2S. The van der Waals surface area contributed by atoms with E-state index in [1.807, 2.05) is 32.2 Å². The number of hydrogen-bond acceptors (Lipinski definition) is 5. The Morgan fingerprint density at radius 1 is 1.43 bits per heavy atom.